The molecule has 1 aromatic rings. The summed E-state index contributed by atoms with van der Waals surface area (Å²) in [5.74, 6) is 0. The predicted molar refractivity (Wildman–Crippen MR) is 79.6 cm³/mol. The van der Waals surface area contributed by atoms with Gasteiger partial charge in [0.1, 0.15) is 0 Å². The van der Waals surface area contributed by atoms with Gasteiger partial charge in [-0.05, 0) is 44.5 Å². The van der Waals surface area contributed by atoms with Crippen molar-refractivity contribution < 1.29 is 4.74 Å². The maximum atomic E-state index is 5.43. The van der Waals surface area contributed by atoms with E-state index < -0.39 is 0 Å². The molecule has 0 fully saturated rings. The van der Waals surface area contributed by atoms with Gasteiger partial charge in [0.2, 0.25) is 0 Å². The van der Waals surface area contributed by atoms with Gasteiger partial charge in [-0.2, -0.15) is 0 Å². The molecule has 0 aliphatic rings. The number of anilines is 2. The van der Waals surface area contributed by atoms with Crippen LogP contribution in [-0.2, 0) is 4.74 Å². The molecule has 0 radical (unpaired) electrons. The number of hydrogen-bond donors (Lipinski definition) is 1. The predicted octanol–water partition coefficient (Wildman–Crippen LogP) is 3.37. The van der Waals surface area contributed by atoms with E-state index in [4.69, 9.17) is 4.74 Å². The first kappa shape index (κ1) is 14.8. The molecule has 18 heavy (non-hydrogen) atoms. The molecule has 0 aromatic heterocycles. The van der Waals surface area contributed by atoms with E-state index in [0.717, 1.165) is 45.0 Å². The average molecular weight is 250 g/mol. The molecule has 102 valence electrons. The highest BCUT2D eigenvalue weighted by Crippen LogP contribution is 2.17. The largest absolute Gasteiger partial charge is 0.383 e. The Labute approximate surface area is 111 Å². The van der Waals surface area contributed by atoms with Crippen LogP contribution < -0.4 is 10.2 Å². The van der Waals surface area contributed by atoms with E-state index in [9.17, 15) is 0 Å². The van der Waals surface area contributed by atoms with Gasteiger partial charge in [0.25, 0.3) is 0 Å². The first-order chi connectivity index (χ1) is 8.81. The fourth-order valence-corrected chi connectivity index (χ4v) is 1.89. The van der Waals surface area contributed by atoms with Crippen LogP contribution in [0.2, 0.25) is 0 Å². The summed E-state index contributed by atoms with van der Waals surface area (Å²) in [5, 5.41) is 3.36. The van der Waals surface area contributed by atoms with Gasteiger partial charge in [-0.15, -0.1) is 0 Å². The number of benzene rings is 1. The summed E-state index contributed by atoms with van der Waals surface area (Å²) in [4.78, 5) is 2.34. The highest BCUT2D eigenvalue weighted by atomic mass is 16.5. The first-order valence-corrected chi connectivity index (χ1v) is 6.98. The summed E-state index contributed by atoms with van der Waals surface area (Å²) in [6.45, 7) is 11.1. The quantitative estimate of drug-likeness (QED) is 0.680. The molecule has 3 nitrogen and oxygen atoms in total. The second-order valence-electron chi connectivity index (χ2n) is 4.26. The number of nitrogens with zero attached hydrogens (tertiary/aromatic N) is 1. The minimum atomic E-state index is 0.769. The molecule has 0 aliphatic carbocycles. The maximum absolute atomic E-state index is 5.43. The monoisotopic (exact) mass is 250 g/mol. The normalized spacial score (nSPS) is 10.4. The lowest BCUT2D eigenvalue weighted by Crippen LogP contribution is -2.21. The van der Waals surface area contributed by atoms with Crippen molar-refractivity contribution in [2.45, 2.75) is 27.2 Å². The van der Waals surface area contributed by atoms with Crippen LogP contribution in [0.1, 0.15) is 27.2 Å². The van der Waals surface area contributed by atoms with E-state index in [-0.39, 0.29) is 0 Å². The third-order valence-electron chi connectivity index (χ3n) is 2.92. The Bertz CT molecular complexity index is 307. The van der Waals surface area contributed by atoms with Crippen LogP contribution in [0.4, 0.5) is 11.4 Å². The maximum Gasteiger partial charge on any atom is 0.0639 e. The fraction of sp³-hybridized carbons (Fsp3) is 0.600. The zero-order valence-electron chi connectivity index (χ0n) is 11.9. The molecule has 0 saturated carbocycles. The van der Waals surface area contributed by atoms with Crippen LogP contribution in [-0.4, -0.2) is 32.8 Å². The fourth-order valence-electron chi connectivity index (χ4n) is 1.89. The van der Waals surface area contributed by atoms with Crippen molar-refractivity contribution in [3.63, 3.8) is 0 Å². The molecule has 1 rings (SSSR count). The highest BCUT2D eigenvalue weighted by molar-refractivity contribution is 5.54. The zero-order chi connectivity index (χ0) is 13.2. The summed E-state index contributed by atoms with van der Waals surface area (Å²) in [5.41, 5.74) is 2.44. The number of ether oxygens (including phenoxy) is 1. The Hall–Kier alpha value is -1.22. The van der Waals surface area contributed by atoms with Crippen molar-refractivity contribution in [2.24, 2.45) is 0 Å². The van der Waals surface area contributed by atoms with E-state index in [2.05, 4.69) is 55.3 Å². The van der Waals surface area contributed by atoms with Crippen LogP contribution in [0.25, 0.3) is 0 Å². The molecule has 0 unspecified atom stereocenters. The van der Waals surface area contributed by atoms with Crippen LogP contribution in [0.15, 0.2) is 24.3 Å². The van der Waals surface area contributed by atoms with Crippen molar-refractivity contribution in [1.82, 2.24) is 0 Å². The smallest absolute Gasteiger partial charge is 0.0639 e. The van der Waals surface area contributed by atoms with E-state index in [0.29, 0.717) is 0 Å². The van der Waals surface area contributed by atoms with Crippen LogP contribution in [0.3, 0.4) is 0 Å². The van der Waals surface area contributed by atoms with Gasteiger partial charge in [0, 0.05) is 37.6 Å². The van der Waals surface area contributed by atoms with Gasteiger partial charge in [-0.3, -0.25) is 0 Å². The Balaban J connectivity index is 2.35. The van der Waals surface area contributed by atoms with Crippen LogP contribution in [0, 0.1) is 0 Å². The van der Waals surface area contributed by atoms with Crippen LogP contribution >= 0.6 is 0 Å². The molecule has 1 N–H and O–H groups in total. The highest BCUT2D eigenvalue weighted by Gasteiger charge is 2.00. The Morgan fingerprint density at radius 3 is 2.22 bits per heavy atom. The summed E-state index contributed by atoms with van der Waals surface area (Å²) in [7, 11) is 0. The molecule has 0 aliphatic heterocycles. The zero-order valence-corrected chi connectivity index (χ0v) is 11.9. The minimum Gasteiger partial charge on any atom is -0.383 e. The third-order valence-corrected chi connectivity index (χ3v) is 2.92. The molecule has 3 heteroatoms. The molecule has 0 atom stereocenters. The lowest BCUT2D eigenvalue weighted by molar-refractivity contribution is 0.144. The summed E-state index contributed by atoms with van der Waals surface area (Å²) < 4.78 is 5.43. The molecule has 1 aromatic carbocycles. The number of rotatable bonds is 9. The molecule has 0 amide bonds. The molecule has 0 saturated heterocycles. The molecule has 0 spiro atoms. The number of hydrogen-bond acceptors (Lipinski definition) is 3. The van der Waals surface area contributed by atoms with Crippen molar-refractivity contribution in [3.05, 3.63) is 24.3 Å². The number of nitrogens with one attached hydrogen (secondary N) is 1. The third kappa shape index (κ3) is 4.96. The summed E-state index contributed by atoms with van der Waals surface area (Å²) in [6, 6.07) is 8.60. The van der Waals surface area contributed by atoms with Gasteiger partial charge < -0.3 is 15.0 Å². The van der Waals surface area contributed by atoms with E-state index in [1.54, 1.807) is 0 Å². The van der Waals surface area contributed by atoms with Crippen molar-refractivity contribution >= 4 is 11.4 Å². The van der Waals surface area contributed by atoms with Crippen molar-refractivity contribution in [2.75, 3.05) is 43.1 Å². The van der Waals surface area contributed by atoms with E-state index in [1.165, 1.54) is 5.69 Å². The van der Waals surface area contributed by atoms with Gasteiger partial charge in [0.15, 0.2) is 0 Å². The molecular formula is C15H26N2O. The van der Waals surface area contributed by atoms with Gasteiger partial charge in [-0.25, -0.2) is 0 Å². The Morgan fingerprint density at radius 2 is 1.67 bits per heavy atom. The molecular weight excluding hydrogens is 224 g/mol. The van der Waals surface area contributed by atoms with Gasteiger partial charge in [0.05, 0.1) is 6.61 Å². The summed E-state index contributed by atoms with van der Waals surface area (Å²) in [6.07, 6.45) is 1.08. The van der Waals surface area contributed by atoms with Crippen LogP contribution in [0.5, 0.6) is 0 Å². The van der Waals surface area contributed by atoms with Gasteiger partial charge >= 0.3 is 0 Å². The molecule has 0 heterocycles. The topological polar surface area (TPSA) is 24.5 Å². The average Bonchev–Trinajstić information content (AvgIpc) is 2.41. The SMILES string of the molecule is CCCOCCNc1ccc(N(CC)CC)cc1. The lowest BCUT2D eigenvalue weighted by Gasteiger charge is -2.21. The Morgan fingerprint density at radius 1 is 1.00 bits per heavy atom. The summed E-state index contributed by atoms with van der Waals surface area (Å²) >= 11 is 0. The van der Waals surface area contributed by atoms with Crippen molar-refractivity contribution in [1.29, 1.82) is 0 Å². The Kier molecular flexibility index (Phi) is 7.26. The van der Waals surface area contributed by atoms with E-state index in [1.807, 2.05) is 0 Å². The first-order valence-electron chi connectivity index (χ1n) is 6.98. The second kappa shape index (κ2) is 8.81. The second-order valence-corrected chi connectivity index (χ2v) is 4.26. The minimum absolute atomic E-state index is 0.769. The van der Waals surface area contributed by atoms with Crippen molar-refractivity contribution in [3.8, 4) is 0 Å². The van der Waals surface area contributed by atoms with Gasteiger partial charge in [-0.1, -0.05) is 6.92 Å². The van der Waals surface area contributed by atoms with E-state index >= 15 is 0 Å². The lowest BCUT2D eigenvalue weighted by atomic mass is 10.2. The molecule has 0 bridgehead atoms. The standard InChI is InChI=1S/C15H26N2O/c1-4-12-18-13-11-16-14-7-9-15(10-8-14)17(5-2)6-3/h7-10,16H,4-6,11-13H2,1-3H3.